The molecule has 0 saturated carbocycles. The van der Waals surface area contributed by atoms with Crippen molar-refractivity contribution in [1.82, 2.24) is 15.1 Å². The molecule has 3 rings (SSSR count). The number of hydrogen-bond donors (Lipinski definition) is 1. The van der Waals surface area contributed by atoms with E-state index in [4.69, 9.17) is 0 Å². The topological polar surface area (TPSA) is 35.6 Å². The smallest absolute Gasteiger partial charge is 0.251 e. The van der Waals surface area contributed by atoms with Crippen LogP contribution in [0.4, 0.5) is 0 Å². The van der Waals surface area contributed by atoms with Crippen LogP contribution in [0.15, 0.2) is 36.4 Å². The summed E-state index contributed by atoms with van der Waals surface area (Å²) in [5.74, 6) is 6.59. The minimum atomic E-state index is -0.0546. The summed E-state index contributed by atoms with van der Waals surface area (Å²) in [4.78, 5) is 17.7. The van der Waals surface area contributed by atoms with Gasteiger partial charge in [-0.2, -0.15) is 0 Å². The van der Waals surface area contributed by atoms with Gasteiger partial charge >= 0.3 is 0 Å². The standard InChI is InChI=1S/C25H33N3O/c1-25(2,3)13-12-20-10-11-23(22-9-6-5-8-21(20)22)24(29)26-14-7-15-28-18-16-27(4)17-19-28/h5-6,8-11H,7,14-19H2,1-4H3,(H,26,29). The van der Waals surface area contributed by atoms with E-state index < -0.39 is 0 Å². The van der Waals surface area contributed by atoms with Crippen molar-refractivity contribution in [1.29, 1.82) is 0 Å². The van der Waals surface area contributed by atoms with Crippen LogP contribution in [-0.2, 0) is 0 Å². The van der Waals surface area contributed by atoms with Gasteiger partial charge in [-0.3, -0.25) is 4.79 Å². The van der Waals surface area contributed by atoms with Crippen molar-refractivity contribution in [3.8, 4) is 11.8 Å². The third kappa shape index (κ3) is 6.06. The molecule has 1 fully saturated rings. The molecular formula is C25H33N3O. The van der Waals surface area contributed by atoms with Crippen LogP contribution < -0.4 is 5.32 Å². The zero-order valence-electron chi connectivity index (χ0n) is 18.2. The molecule has 2 aromatic rings. The SMILES string of the molecule is CN1CCN(CCCNC(=O)c2ccc(C#CC(C)(C)C)c3ccccc23)CC1. The van der Waals surface area contributed by atoms with Gasteiger partial charge in [-0.25, -0.2) is 0 Å². The normalized spacial score (nSPS) is 15.7. The van der Waals surface area contributed by atoms with Crippen molar-refractivity contribution >= 4 is 16.7 Å². The molecule has 29 heavy (non-hydrogen) atoms. The molecule has 2 aromatic carbocycles. The molecule has 1 aliphatic rings. The lowest BCUT2D eigenvalue weighted by atomic mass is 9.95. The Morgan fingerprint density at radius 3 is 2.41 bits per heavy atom. The second-order valence-corrected chi connectivity index (χ2v) is 8.96. The fraction of sp³-hybridized carbons (Fsp3) is 0.480. The number of amides is 1. The average Bonchev–Trinajstić information content (AvgIpc) is 2.70. The summed E-state index contributed by atoms with van der Waals surface area (Å²) in [6.07, 6.45) is 0.975. The zero-order chi connectivity index (χ0) is 20.9. The van der Waals surface area contributed by atoms with Gasteiger partial charge in [0.2, 0.25) is 0 Å². The van der Waals surface area contributed by atoms with Gasteiger partial charge in [-0.15, -0.1) is 0 Å². The van der Waals surface area contributed by atoms with Crippen molar-refractivity contribution in [3.63, 3.8) is 0 Å². The third-order valence-electron chi connectivity index (χ3n) is 5.27. The summed E-state index contributed by atoms with van der Waals surface area (Å²) in [5.41, 5.74) is 1.64. The quantitative estimate of drug-likeness (QED) is 0.625. The first-order chi connectivity index (χ1) is 13.8. The van der Waals surface area contributed by atoms with Crippen LogP contribution >= 0.6 is 0 Å². The van der Waals surface area contributed by atoms with Crippen LogP contribution in [0, 0.1) is 17.3 Å². The van der Waals surface area contributed by atoms with E-state index in [0.717, 1.165) is 61.0 Å². The number of fused-ring (bicyclic) bond motifs is 1. The molecule has 1 N–H and O–H groups in total. The van der Waals surface area contributed by atoms with E-state index in [9.17, 15) is 4.79 Å². The number of hydrogen-bond acceptors (Lipinski definition) is 3. The van der Waals surface area contributed by atoms with Crippen LogP contribution in [0.25, 0.3) is 10.8 Å². The van der Waals surface area contributed by atoms with Gasteiger partial charge in [-0.05, 0) is 63.7 Å². The van der Waals surface area contributed by atoms with E-state index in [0.29, 0.717) is 6.54 Å². The highest BCUT2D eigenvalue weighted by Crippen LogP contribution is 2.23. The summed E-state index contributed by atoms with van der Waals surface area (Å²) >= 11 is 0. The van der Waals surface area contributed by atoms with Crippen LogP contribution in [0.1, 0.15) is 43.1 Å². The van der Waals surface area contributed by atoms with Crippen LogP contribution in [0.2, 0.25) is 0 Å². The second kappa shape index (κ2) is 9.43. The summed E-state index contributed by atoms with van der Waals surface area (Å²) in [6.45, 7) is 12.5. The summed E-state index contributed by atoms with van der Waals surface area (Å²) in [5, 5.41) is 5.10. The van der Waals surface area contributed by atoms with Crippen molar-refractivity contribution in [2.75, 3.05) is 46.3 Å². The van der Waals surface area contributed by atoms with Gasteiger partial charge in [0.05, 0.1) is 0 Å². The van der Waals surface area contributed by atoms with E-state index in [2.05, 4.69) is 54.8 Å². The molecule has 154 valence electrons. The Hall–Kier alpha value is -2.35. The largest absolute Gasteiger partial charge is 0.352 e. The molecular weight excluding hydrogens is 358 g/mol. The molecule has 0 atom stereocenters. The molecule has 0 aromatic heterocycles. The van der Waals surface area contributed by atoms with Gasteiger partial charge in [0.25, 0.3) is 5.91 Å². The average molecular weight is 392 g/mol. The molecule has 1 heterocycles. The lowest BCUT2D eigenvalue weighted by molar-refractivity contribution is 0.0951. The second-order valence-electron chi connectivity index (χ2n) is 8.96. The van der Waals surface area contributed by atoms with E-state index in [1.54, 1.807) is 0 Å². The molecule has 0 unspecified atom stereocenters. The lowest BCUT2D eigenvalue weighted by Gasteiger charge is -2.32. The van der Waals surface area contributed by atoms with Crippen LogP contribution in [0.3, 0.4) is 0 Å². The molecule has 4 heteroatoms. The molecule has 1 amide bonds. The van der Waals surface area contributed by atoms with Gasteiger partial charge in [-0.1, -0.05) is 36.1 Å². The number of piperazine rings is 1. The van der Waals surface area contributed by atoms with E-state index in [1.807, 2.05) is 36.4 Å². The Morgan fingerprint density at radius 2 is 1.72 bits per heavy atom. The molecule has 1 aliphatic heterocycles. The van der Waals surface area contributed by atoms with Crippen LogP contribution in [-0.4, -0.2) is 62.0 Å². The molecule has 0 radical (unpaired) electrons. The lowest BCUT2D eigenvalue weighted by Crippen LogP contribution is -2.45. The molecule has 4 nitrogen and oxygen atoms in total. The fourth-order valence-electron chi connectivity index (χ4n) is 3.53. The Labute approximate surface area is 175 Å². The number of nitrogens with zero attached hydrogens (tertiary/aromatic N) is 2. The first-order valence-corrected chi connectivity index (χ1v) is 10.6. The Bertz CT molecular complexity index is 909. The number of carbonyl (C=O) groups excluding carboxylic acids is 1. The maximum atomic E-state index is 12.8. The molecule has 0 aliphatic carbocycles. The van der Waals surface area contributed by atoms with Crippen molar-refractivity contribution in [2.45, 2.75) is 27.2 Å². The van der Waals surface area contributed by atoms with Crippen molar-refractivity contribution in [3.05, 3.63) is 47.5 Å². The van der Waals surface area contributed by atoms with E-state index in [-0.39, 0.29) is 11.3 Å². The summed E-state index contributed by atoms with van der Waals surface area (Å²) in [7, 11) is 2.17. The third-order valence-corrected chi connectivity index (χ3v) is 5.27. The Kier molecular flexibility index (Phi) is 6.95. The Balaban J connectivity index is 1.64. The highest BCUT2D eigenvalue weighted by molar-refractivity contribution is 6.08. The first kappa shape index (κ1) is 21.4. The predicted molar refractivity (Wildman–Crippen MR) is 121 cm³/mol. The monoisotopic (exact) mass is 391 g/mol. The van der Waals surface area contributed by atoms with Gasteiger partial charge in [0, 0.05) is 49.3 Å². The van der Waals surface area contributed by atoms with Gasteiger partial charge in [0.15, 0.2) is 0 Å². The number of rotatable bonds is 5. The number of nitrogens with one attached hydrogen (secondary N) is 1. The number of likely N-dealkylation sites (N-methyl/N-ethyl adjacent to an activating group) is 1. The molecule has 0 spiro atoms. The van der Waals surface area contributed by atoms with Crippen LogP contribution in [0.5, 0.6) is 0 Å². The van der Waals surface area contributed by atoms with Gasteiger partial charge in [0.1, 0.15) is 0 Å². The van der Waals surface area contributed by atoms with E-state index >= 15 is 0 Å². The summed E-state index contributed by atoms with van der Waals surface area (Å²) in [6, 6.07) is 11.9. The van der Waals surface area contributed by atoms with E-state index in [1.165, 1.54) is 0 Å². The zero-order valence-corrected chi connectivity index (χ0v) is 18.2. The maximum absolute atomic E-state index is 12.8. The predicted octanol–water partition coefficient (Wildman–Crippen LogP) is 3.60. The van der Waals surface area contributed by atoms with Crippen molar-refractivity contribution in [2.24, 2.45) is 5.41 Å². The van der Waals surface area contributed by atoms with Crippen molar-refractivity contribution < 1.29 is 4.79 Å². The summed E-state index contributed by atoms with van der Waals surface area (Å²) < 4.78 is 0. The minimum Gasteiger partial charge on any atom is -0.352 e. The Morgan fingerprint density at radius 1 is 1.03 bits per heavy atom. The fourth-order valence-corrected chi connectivity index (χ4v) is 3.53. The highest BCUT2D eigenvalue weighted by Gasteiger charge is 2.14. The molecule has 1 saturated heterocycles. The van der Waals surface area contributed by atoms with Gasteiger partial charge < -0.3 is 15.1 Å². The maximum Gasteiger partial charge on any atom is 0.251 e. The highest BCUT2D eigenvalue weighted by atomic mass is 16.1. The molecule has 0 bridgehead atoms. The first-order valence-electron chi connectivity index (χ1n) is 10.6. The number of benzene rings is 2. The number of carbonyl (C=O) groups is 1. The minimum absolute atomic E-state index is 0.00471.